The maximum Gasteiger partial charge on any atom is 0.146 e. The monoisotopic (exact) mass is 191 g/mol. The van der Waals surface area contributed by atoms with Crippen LogP contribution in [0.1, 0.15) is 5.56 Å². The zero-order valence-corrected chi connectivity index (χ0v) is 8.01. The summed E-state index contributed by atoms with van der Waals surface area (Å²) in [6.07, 6.45) is 0. The van der Waals surface area contributed by atoms with Crippen LogP contribution in [0.25, 0.3) is 10.6 Å². The van der Waals surface area contributed by atoms with E-state index < -0.39 is 0 Å². The van der Waals surface area contributed by atoms with Gasteiger partial charge in [-0.25, -0.2) is 0 Å². The summed E-state index contributed by atoms with van der Waals surface area (Å²) in [5, 5.41) is 9.91. The van der Waals surface area contributed by atoms with E-state index in [2.05, 4.69) is 10.2 Å². The molecule has 2 aromatic heterocycles. The molecule has 3 nitrogen and oxygen atoms in total. The minimum Gasteiger partial charge on any atom is -0.382 e. The zero-order chi connectivity index (χ0) is 9.26. The van der Waals surface area contributed by atoms with E-state index in [1.54, 1.807) is 11.3 Å². The van der Waals surface area contributed by atoms with Crippen molar-refractivity contribution in [1.29, 1.82) is 0 Å². The largest absolute Gasteiger partial charge is 0.382 e. The van der Waals surface area contributed by atoms with Crippen LogP contribution in [0.4, 0.5) is 5.82 Å². The molecule has 0 aromatic carbocycles. The molecule has 0 amide bonds. The molecule has 0 spiro atoms. The fourth-order valence-electron chi connectivity index (χ4n) is 1.16. The average molecular weight is 191 g/mol. The molecule has 0 bridgehead atoms. The van der Waals surface area contributed by atoms with Gasteiger partial charge in [-0.2, -0.15) is 0 Å². The van der Waals surface area contributed by atoms with Crippen molar-refractivity contribution in [1.82, 2.24) is 10.2 Å². The maximum atomic E-state index is 5.51. The van der Waals surface area contributed by atoms with Gasteiger partial charge in [-0.05, 0) is 30.0 Å². The molecule has 0 aliphatic rings. The second-order valence-electron chi connectivity index (χ2n) is 2.78. The molecule has 0 unspecified atom stereocenters. The first kappa shape index (κ1) is 8.19. The molecule has 2 heterocycles. The Morgan fingerprint density at radius 2 is 2.23 bits per heavy atom. The standard InChI is InChI=1S/C9H9N3S/c1-6-5-8(10)11-12-9(6)7-3-2-4-13-7/h2-5H,1H3,(H2,10,11). The molecule has 0 atom stereocenters. The summed E-state index contributed by atoms with van der Waals surface area (Å²) >= 11 is 1.65. The summed E-state index contributed by atoms with van der Waals surface area (Å²) in [4.78, 5) is 1.13. The minimum atomic E-state index is 0.470. The van der Waals surface area contributed by atoms with E-state index in [1.165, 1.54) is 0 Å². The third-order valence-corrected chi connectivity index (χ3v) is 2.63. The van der Waals surface area contributed by atoms with Gasteiger partial charge in [0.1, 0.15) is 11.5 Å². The van der Waals surface area contributed by atoms with E-state index in [4.69, 9.17) is 5.73 Å². The number of nitrogens with zero attached hydrogens (tertiary/aromatic N) is 2. The van der Waals surface area contributed by atoms with Gasteiger partial charge in [0.15, 0.2) is 0 Å². The number of rotatable bonds is 1. The highest BCUT2D eigenvalue weighted by molar-refractivity contribution is 7.13. The van der Waals surface area contributed by atoms with Crippen molar-refractivity contribution in [2.45, 2.75) is 6.92 Å². The van der Waals surface area contributed by atoms with Crippen molar-refractivity contribution in [3.8, 4) is 10.6 Å². The molecule has 0 saturated carbocycles. The normalized spacial score (nSPS) is 10.2. The molecular formula is C9H9N3S. The highest BCUT2D eigenvalue weighted by atomic mass is 32.1. The Balaban J connectivity index is 2.53. The van der Waals surface area contributed by atoms with Gasteiger partial charge in [0.05, 0.1) is 4.88 Å². The van der Waals surface area contributed by atoms with Gasteiger partial charge in [-0.15, -0.1) is 21.5 Å². The number of thiophene rings is 1. The summed E-state index contributed by atoms with van der Waals surface area (Å²) in [5.41, 5.74) is 7.50. The lowest BCUT2D eigenvalue weighted by molar-refractivity contribution is 1.04. The molecule has 4 heteroatoms. The van der Waals surface area contributed by atoms with Crippen LogP contribution in [0.2, 0.25) is 0 Å². The second-order valence-corrected chi connectivity index (χ2v) is 3.73. The third kappa shape index (κ3) is 1.53. The summed E-state index contributed by atoms with van der Waals surface area (Å²) in [6, 6.07) is 5.86. The Hall–Kier alpha value is -1.42. The Morgan fingerprint density at radius 3 is 2.85 bits per heavy atom. The number of nitrogen functional groups attached to an aromatic ring is 1. The first-order valence-electron chi connectivity index (χ1n) is 3.91. The van der Waals surface area contributed by atoms with Crippen molar-refractivity contribution >= 4 is 17.2 Å². The predicted octanol–water partition coefficient (Wildman–Crippen LogP) is 2.10. The van der Waals surface area contributed by atoms with E-state index in [1.807, 2.05) is 30.5 Å². The van der Waals surface area contributed by atoms with Crippen LogP contribution in [0.15, 0.2) is 23.6 Å². The summed E-state index contributed by atoms with van der Waals surface area (Å²) < 4.78 is 0. The fourth-order valence-corrected chi connectivity index (χ4v) is 1.94. The lowest BCUT2D eigenvalue weighted by atomic mass is 10.2. The Bertz CT molecular complexity index is 409. The fraction of sp³-hybridized carbons (Fsp3) is 0.111. The Labute approximate surface area is 80.2 Å². The van der Waals surface area contributed by atoms with Gasteiger partial charge in [-0.1, -0.05) is 6.07 Å². The number of anilines is 1. The van der Waals surface area contributed by atoms with E-state index >= 15 is 0 Å². The van der Waals surface area contributed by atoms with E-state index in [9.17, 15) is 0 Å². The summed E-state index contributed by atoms with van der Waals surface area (Å²) in [5.74, 6) is 0.470. The van der Waals surface area contributed by atoms with Crippen LogP contribution in [0.5, 0.6) is 0 Å². The number of hydrogen-bond donors (Lipinski definition) is 1. The number of nitrogens with two attached hydrogens (primary N) is 1. The van der Waals surface area contributed by atoms with E-state index in [-0.39, 0.29) is 0 Å². The molecule has 0 aliphatic heterocycles. The molecule has 0 radical (unpaired) electrons. The predicted molar refractivity (Wildman–Crippen MR) is 54.5 cm³/mol. The van der Waals surface area contributed by atoms with Crippen LogP contribution < -0.4 is 5.73 Å². The Morgan fingerprint density at radius 1 is 1.38 bits per heavy atom. The van der Waals surface area contributed by atoms with Crippen molar-refractivity contribution in [2.24, 2.45) is 0 Å². The molecule has 2 N–H and O–H groups in total. The van der Waals surface area contributed by atoms with Gasteiger partial charge in [-0.3, -0.25) is 0 Å². The molecule has 0 aliphatic carbocycles. The second kappa shape index (κ2) is 3.14. The van der Waals surface area contributed by atoms with Crippen LogP contribution in [0, 0.1) is 6.92 Å². The molecule has 13 heavy (non-hydrogen) atoms. The molecule has 66 valence electrons. The number of aromatic nitrogens is 2. The van der Waals surface area contributed by atoms with Crippen LogP contribution >= 0.6 is 11.3 Å². The van der Waals surface area contributed by atoms with Crippen LogP contribution in [0.3, 0.4) is 0 Å². The molecular weight excluding hydrogens is 182 g/mol. The van der Waals surface area contributed by atoms with Gasteiger partial charge >= 0.3 is 0 Å². The van der Waals surface area contributed by atoms with Gasteiger partial charge in [0.2, 0.25) is 0 Å². The van der Waals surface area contributed by atoms with Gasteiger partial charge in [0, 0.05) is 0 Å². The van der Waals surface area contributed by atoms with Crippen LogP contribution in [-0.4, -0.2) is 10.2 Å². The summed E-state index contributed by atoms with van der Waals surface area (Å²) in [7, 11) is 0. The lowest BCUT2D eigenvalue weighted by Crippen LogP contribution is -1.96. The zero-order valence-electron chi connectivity index (χ0n) is 7.19. The average Bonchev–Trinajstić information content (AvgIpc) is 2.56. The highest BCUT2D eigenvalue weighted by Gasteiger charge is 2.04. The van der Waals surface area contributed by atoms with Crippen molar-refractivity contribution in [3.63, 3.8) is 0 Å². The van der Waals surface area contributed by atoms with Crippen LogP contribution in [-0.2, 0) is 0 Å². The number of hydrogen-bond acceptors (Lipinski definition) is 4. The summed E-state index contributed by atoms with van der Waals surface area (Å²) in [6.45, 7) is 1.99. The SMILES string of the molecule is Cc1cc(N)nnc1-c1cccs1. The third-order valence-electron chi connectivity index (χ3n) is 1.76. The van der Waals surface area contributed by atoms with E-state index in [0.717, 1.165) is 16.1 Å². The lowest BCUT2D eigenvalue weighted by Gasteiger charge is -2.00. The van der Waals surface area contributed by atoms with Crippen molar-refractivity contribution in [3.05, 3.63) is 29.1 Å². The van der Waals surface area contributed by atoms with Crippen molar-refractivity contribution < 1.29 is 0 Å². The number of aryl methyl sites for hydroxylation is 1. The molecule has 2 aromatic rings. The molecule has 0 saturated heterocycles. The quantitative estimate of drug-likeness (QED) is 0.751. The smallest absolute Gasteiger partial charge is 0.146 e. The van der Waals surface area contributed by atoms with Gasteiger partial charge < -0.3 is 5.73 Å². The maximum absolute atomic E-state index is 5.51. The minimum absolute atomic E-state index is 0.470. The topological polar surface area (TPSA) is 51.8 Å². The van der Waals surface area contributed by atoms with E-state index in [0.29, 0.717) is 5.82 Å². The van der Waals surface area contributed by atoms with Gasteiger partial charge in [0.25, 0.3) is 0 Å². The first-order valence-corrected chi connectivity index (χ1v) is 4.79. The molecule has 2 rings (SSSR count). The molecule has 0 fully saturated rings. The first-order chi connectivity index (χ1) is 6.27. The van der Waals surface area contributed by atoms with Crippen molar-refractivity contribution in [2.75, 3.05) is 5.73 Å². The Kier molecular flexibility index (Phi) is 1.98. The highest BCUT2D eigenvalue weighted by Crippen LogP contribution is 2.25.